The van der Waals surface area contributed by atoms with E-state index in [1.807, 2.05) is 12.3 Å². The van der Waals surface area contributed by atoms with Gasteiger partial charge in [-0.3, -0.25) is 0 Å². The second-order valence-electron chi connectivity index (χ2n) is 3.10. The molecule has 8 heteroatoms. The van der Waals surface area contributed by atoms with E-state index < -0.39 is 10.0 Å². The molecule has 0 aliphatic rings. The van der Waals surface area contributed by atoms with Gasteiger partial charge in [-0.1, -0.05) is 0 Å². The SMILES string of the molecule is Cc1nc(CNS(=O)(=O)c2cnc[nH]2)cs1. The Balaban J connectivity index is 2.06. The number of hydrogen-bond acceptors (Lipinski definition) is 5. The average molecular weight is 258 g/mol. The number of sulfonamides is 1. The summed E-state index contributed by atoms with van der Waals surface area (Å²) >= 11 is 1.49. The lowest BCUT2D eigenvalue weighted by Gasteiger charge is -2.01. The number of H-pyrrole nitrogens is 1. The molecule has 0 fully saturated rings. The Hall–Kier alpha value is -1.25. The molecular weight excluding hydrogens is 248 g/mol. The van der Waals surface area contributed by atoms with Gasteiger partial charge in [-0.15, -0.1) is 11.3 Å². The number of aromatic amines is 1. The number of hydrogen-bond donors (Lipinski definition) is 2. The average Bonchev–Trinajstić information content (AvgIpc) is 2.85. The summed E-state index contributed by atoms with van der Waals surface area (Å²) in [5.41, 5.74) is 0.714. The van der Waals surface area contributed by atoms with E-state index >= 15 is 0 Å². The van der Waals surface area contributed by atoms with Crippen molar-refractivity contribution in [1.82, 2.24) is 19.7 Å². The lowest BCUT2D eigenvalue weighted by molar-refractivity contribution is 0.577. The van der Waals surface area contributed by atoms with Gasteiger partial charge in [0.1, 0.15) is 0 Å². The molecular formula is C8H10N4O2S2. The molecule has 2 rings (SSSR count). The minimum absolute atomic E-state index is 0.0550. The van der Waals surface area contributed by atoms with Crippen molar-refractivity contribution in [2.24, 2.45) is 0 Å². The molecule has 0 aliphatic carbocycles. The molecule has 0 unspecified atom stereocenters. The third-order valence-corrected chi connectivity index (χ3v) is 4.02. The highest BCUT2D eigenvalue weighted by molar-refractivity contribution is 7.89. The first-order valence-electron chi connectivity index (χ1n) is 4.47. The zero-order valence-corrected chi connectivity index (χ0v) is 10.1. The summed E-state index contributed by atoms with van der Waals surface area (Å²) in [5, 5.41) is 2.79. The van der Waals surface area contributed by atoms with Crippen LogP contribution in [0, 0.1) is 6.92 Å². The molecule has 0 saturated carbocycles. The smallest absolute Gasteiger partial charge is 0.257 e. The van der Waals surface area contributed by atoms with Gasteiger partial charge in [-0.05, 0) is 6.92 Å². The van der Waals surface area contributed by atoms with Gasteiger partial charge in [0, 0.05) is 5.38 Å². The molecule has 2 aromatic rings. The minimum Gasteiger partial charge on any atom is -0.335 e. The molecule has 0 radical (unpaired) electrons. The van der Waals surface area contributed by atoms with Crippen molar-refractivity contribution in [3.05, 3.63) is 28.6 Å². The Morgan fingerprint density at radius 2 is 2.38 bits per heavy atom. The third kappa shape index (κ3) is 2.46. The fourth-order valence-electron chi connectivity index (χ4n) is 1.13. The zero-order valence-electron chi connectivity index (χ0n) is 8.47. The van der Waals surface area contributed by atoms with Crippen LogP contribution < -0.4 is 4.72 Å². The van der Waals surface area contributed by atoms with E-state index in [1.165, 1.54) is 23.9 Å². The molecule has 2 N–H and O–H groups in total. The van der Waals surface area contributed by atoms with E-state index in [9.17, 15) is 8.42 Å². The molecule has 0 spiro atoms. The van der Waals surface area contributed by atoms with Crippen molar-refractivity contribution < 1.29 is 8.42 Å². The van der Waals surface area contributed by atoms with Crippen LogP contribution in [-0.2, 0) is 16.6 Å². The van der Waals surface area contributed by atoms with E-state index in [0.29, 0.717) is 5.69 Å². The third-order valence-electron chi connectivity index (χ3n) is 1.87. The van der Waals surface area contributed by atoms with Gasteiger partial charge in [0.05, 0.1) is 29.8 Å². The fraction of sp³-hybridized carbons (Fsp3) is 0.250. The van der Waals surface area contributed by atoms with Crippen molar-refractivity contribution in [1.29, 1.82) is 0 Å². The maximum atomic E-state index is 11.7. The highest BCUT2D eigenvalue weighted by Gasteiger charge is 2.15. The number of imidazole rings is 1. The molecule has 2 aromatic heterocycles. The quantitative estimate of drug-likeness (QED) is 0.843. The number of nitrogens with zero attached hydrogens (tertiary/aromatic N) is 2. The lowest BCUT2D eigenvalue weighted by Crippen LogP contribution is -2.23. The van der Waals surface area contributed by atoms with Crippen LogP contribution in [0.5, 0.6) is 0 Å². The fourth-order valence-corrected chi connectivity index (χ4v) is 2.64. The predicted octanol–water partition coefficient (Wildman–Crippen LogP) is 0.653. The van der Waals surface area contributed by atoms with Crippen molar-refractivity contribution >= 4 is 21.4 Å². The van der Waals surface area contributed by atoms with Crippen LogP contribution in [-0.4, -0.2) is 23.4 Å². The number of rotatable bonds is 4. The Labute approximate surface area is 96.8 Å². The monoisotopic (exact) mass is 258 g/mol. The van der Waals surface area contributed by atoms with Crippen molar-refractivity contribution in [2.75, 3.05) is 0 Å². The van der Waals surface area contributed by atoms with Gasteiger partial charge >= 0.3 is 0 Å². The normalized spacial score (nSPS) is 11.8. The summed E-state index contributed by atoms with van der Waals surface area (Å²) in [4.78, 5) is 10.4. The molecule has 86 valence electrons. The highest BCUT2D eigenvalue weighted by atomic mass is 32.2. The summed E-state index contributed by atoms with van der Waals surface area (Å²) in [6.45, 7) is 2.06. The van der Waals surface area contributed by atoms with Crippen molar-refractivity contribution in [3.8, 4) is 0 Å². The van der Waals surface area contributed by atoms with Crippen LogP contribution in [0.1, 0.15) is 10.7 Å². The number of aryl methyl sites for hydroxylation is 1. The van der Waals surface area contributed by atoms with Crippen LogP contribution in [0.15, 0.2) is 22.9 Å². The van der Waals surface area contributed by atoms with Crippen molar-refractivity contribution in [2.45, 2.75) is 18.5 Å². The Morgan fingerprint density at radius 3 is 2.94 bits per heavy atom. The lowest BCUT2D eigenvalue weighted by atomic mass is 10.5. The second kappa shape index (κ2) is 4.32. The molecule has 0 amide bonds. The number of thiazole rings is 1. The molecule has 0 bridgehead atoms. The highest BCUT2D eigenvalue weighted by Crippen LogP contribution is 2.09. The first-order valence-corrected chi connectivity index (χ1v) is 6.83. The van der Waals surface area contributed by atoms with Gasteiger partial charge in [-0.2, -0.15) is 0 Å². The van der Waals surface area contributed by atoms with Crippen LogP contribution in [0.3, 0.4) is 0 Å². The standard InChI is InChI=1S/C8H10N4O2S2/c1-6-12-7(4-15-6)2-11-16(13,14)8-3-9-5-10-8/h3-5,11H,2H2,1H3,(H,9,10). The predicted molar refractivity (Wildman–Crippen MR) is 59.5 cm³/mol. The first-order chi connectivity index (χ1) is 7.58. The summed E-state index contributed by atoms with van der Waals surface area (Å²) in [6, 6.07) is 0. The molecule has 0 aliphatic heterocycles. The minimum atomic E-state index is -3.51. The second-order valence-corrected chi connectivity index (χ2v) is 5.90. The van der Waals surface area contributed by atoms with Gasteiger partial charge < -0.3 is 4.98 Å². The van der Waals surface area contributed by atoms with Crippen LogP contribution in [0.2, 0.25) is 0 Å². The van der Waals surface area contributed by atoms with E-state index in [1.54, 1.807) is 0 Å². The summed E-state index contributed by atoms with van der Waals surface area (Å²) in [5.74, 6) is 0. The Morgan fingerprint density at radius 1 is 1.56 bits per heavy atom. The van der Waals surface area contributed by atoms with Crippen LogP contribution in [0.4, 0.5) is 0 Å². The maximum Gasteiger partial charge on any atom is 0.257 e. The maximum absolute atomic E-state index is 11.7. The molecule has 16 heavy (non-hydrogen) atoms. The van der Waals surface area contributed by atoms with Gasteiger partial charge in [0.2, 0.25) is 0 Å². The summed E-state index contributed by atoms with van der Waals surface area (Å²) in [6.07, 6.45) is 2.58. The molecule has 0 atom stereocenters. The van der Waals surface area contributed by atoms with E-state index in [2.05, 4.69) is 19.7 Å². The van der Waals surface area contributed by atoms with E-state index in [4.69, 9.17) is 0 Å². The number of aromatic nitrogens is 3. The molecule has 6 nitrogen and oxygen atoms in total. The largest absolute Gasteiger partial charge is 0.335 e. The Bertz CT molecular complexity index is 559. The van der Waals surface area contributed by atoms with E-state index in [-0.39, 0.29) is 11.6 Å². The van der Waals surface area contributed by atoms with E-state index in [0.717, 1.165) is 5.01 Å². The van der Waals surface area contributed by atoms with Gasteiger partial charge in [0.15, 0.2) is 5.03 Å². The Kier molecular flexibility index (Phi) is 3.03. The van der Waals surface area contributed by atoms with Crippen LogP contribution in [0.25, 0.3) is 0 Å². The summed E-state index contributed by atoms with van der Waals surface area (Å²) in [7, 11) is -3.51. The van der Waals surface area contributed by atoms with Crippen LogP contribution >= 0.6 is 11.3 Å². The van der Waals surface area contributed by atoms with Crippen molar-refractivity contribution in [3.63, 3.8) is 0 Å². The van der Waals surface area contributed by atoms with Gasteiger partial charge in [0.25, 0.3) is 10.0 Å². The molecule has 0 aromatic carbocycles. The topological polar surface area (TPSA) is 87.7 Å². The molecule has 0 saturated heterocycles. The first kappa shape index (κ1) is 11.2. The zero-order chi connectivity index (χ0) is 11.6. The summed E-state index contributed by atoms with van der Waals surface area (Å²) < 4.78 is 25.8. The molecule has 2 heterocycles. The van der Waals surface area contributed by atoms with Gasteiger partial charge in [-0.25, -0.2) is 23.1 Å². The number of nitrogens with one attached hydrogen (secondary N) is 2.